The molecule has 0 aromatic rings. The molecule has 1 N–H and O–H groups in total. The second-order valence-electron chi connectivity index (χ2n) is 7.86. The fourth-order valence-electron chi connectivity index (χ4n) is 4.69. The van der Waals surface area contributed by atoms with Crippen LogP contribution in [0.2, 0.25) is 0 Å². The van der Waals surface area contributed by atoms with Crippen LogP contribution < -0.4 is 5.32 Å². The highest BCUT2D eigenvalue weighted by atomic mass is 35.5. The van der Waals surface area contributed by atoms with Crippen molar-refractivity contribution in [3.63, 3.8) is 0 Å². The fraction of sp³-hybridized carbons (Fsp3) is 0.889. The molecule has 3 rings (SSSR count). The van der Waals surface area contributed by atoms with Crippen molar-refractivity contribution in [2.75, 3.05) is 39.3 Å². The largest absolute Gasteiger partial charge is 0.341 e. The van der Waals surface area contributed by atoms with Gasteiger partial charge in [-0.15, -0.1) is 12.4 Å². The molecule has 5 nitrogen and oxygen atoms in total. The van der Waals surface area contributed by atoms with Crippen molar-refractivity contribution in [2.24, 2.45) is 17.3 Å². The topological polar surface area (TPSA) is 52.7 Å². The van der Waals surface area contributed by atoms with Crippen molar-refractivity contribution >= 4 is 24.2 Å². The lowest BCUT2D eigenvalue weighted by atomic mass is 9.67. The van der Waals surface area contributed by atoms with E-state index in [9.17, 15) is 9.59 Å². The molecule has 2 atom stereocenters. The van der Waals surface area contributed by atoms with E-state index >= 15 is 0 Å². The second-order valence-corrected chi connectivity index (χ2v) is 7.86. The quantitative estimate of drug-likeness (QED) is 0.821. The first kappa shape index (κ1) is 19.5. The number of nitrogens with one attached hydrogen (secondary N) is 1. The van der Waals surface area contributed by atoms with Gasteiger partial charge in [0, 0.05) is 38.6 Å². The van der Waals surface area contributed by atoms with Crippen molar-refractivity contribution in [1.82, 2.24) is 15.1 Å². The Morgan fingerprint density at radius 3 is 2.50 bits per heavy atom. The van der Waals surface area contributed by atoms with Crippen LogP contribution >= 0.6 is 12.4 Å². The summed E-state index contributed by atoms with van der Waals surface area (Å²) in [5.74, 6) is 1.12. The molecule has 6 heteroatoms. The molecule has 2 amide bonds. The Labute approximate surface area is 151 Å². The predicted molar refractivity (Wildman–Crippen MR) is 97.1 cm³/mol. The van der Waals surface area contributed by atoms with E-state index < -0.39 is 0 Å². The van der Waals surface area contributed by atoms with Crippen LogP contribution in [0.15, 0.2) is 0 Å². The van der Waals surface area contributed by atoms with E-state index in [1.165, 1.54) is 19.3 Å². The number of carbonyl (C=O) groups is 2. The number of nitrogens with zero attached hydrogens (tertiary/aromatic N) is 2. The smallest absolute Gasteiger partial charge is 0.230 e. The Kier molecular flexibility index (Phi) is 6.54. The van der Waals surface area contributed by atoms with Crippen molar-refractivity contribution in [3.8, 4) is 0 Å². The maximum Gasteiger partial charge on any atom is 0.230 e. The van der Waals surface area contributed by atoms with E-state index in [1.807, 2.05) is 18.7 Å². The van der Waals surface area contributed by atoms with Crippen LogP contribution in [-0.2, 0) is 9.59 Å². The number of halogens is 1. The summed E-state index contributed by atoms with van der Waals surface area (Å²) in [5, 5.41) is 3.47. The highest BCUT2D eigenvalue weighted by molar-refractivity contribution is 5.85. The molecule has 2 heterocycles. The molecule has 3 aliphatic rings. The summed E-state index contributed by atoms with van der Waals surface area (Å²) in [6, 6.07) is 0. The second kappa shape index (κ2) is 8.05. The molecule has 3 fully saturated rings. The average molecular weight is 358 g/mol. The number of rotatable bonds is 2. The van der Waals surface area contributed by atoms with E-state index in [-0.39, 0.29) is 29.6 Å². The summed E-state index contributed by atoms with van der Waals surface area (Å²) in [7, 11) is 0. The minimum absolute atomic E-state index is 0. The number of amides is 2. The van der Waals surface area contributed by atoms with Crippen LogP contribution in [0.3, 0.4) is 0 Å². The molecule has 0 unspecified atom stereocenters. The molecule has 0 spiro atoms. The zero-order chi connectivity index (χ0) is 16.4. The molecule has 0 radical (unpaired) electrons. The van der Waals surface area contributed by atoms with Crippen molar-refractivity contribution in [1.29, 1.82) is 0 Å². The minimum atomic E-state index is -0.157. The van der Waals surface area contributed by atoms with E-state index in [0.29, 0.717) is 24.9 Å². The van der Waals surface area contributed by atoms with Gasteiger partial charge in [-0.3, -0.25) is 9.59 Å². The summed E-state index contributed by atoms with van der Waals surface area (Å²) in [4.78, 5) is 29.5. The van der Waals surface area contributed by atoms with Crippen molar-refractivity contribution < 1.29 is 9.59 Å². The third-order valence-electron chi connectivity index (χ3n) is 6.05. The first-order valence-corrected chi connectivity index (χ1v) is 9.33. The number of carbonyl (C=O) groups excluding carboxylic acids is 2. The Morgan fingerprint density at radius 2 is 1.75 bits per heavy atom. The van der Waals surface area contributed by atoms with Crippen LogP contribution in [0.25, 0.3) is 0 Å². The van der Waals surface area contributed by atoms with E-state index in [2.05, 4.69) is 10.2 Å². The summed E-state index contributed by atoms with van der Waals surface area (Å²) < 4.78 is 0. The molecular formula is C18H32ClN3O2. The summed E-state index contributed by atoms with van der Waals surface area (Å²) >= 11 is 0. The maximum absolute atomic E-state index is 13.3. The van der Waals surface area contributed by atoms with Crippen molar-refractivity contribution in [3.05, 3.63) is 0 Å². The summed E-state index contributed by atoms with van der Waals surface area (Å²) in [6.45, 7) is 8.73. The lowest BCUT2D eigenvalue weighted by molar-refractivity contribution is -0.145. The van der Waals surface area contributed by atoms with Gasteiger partial charge >= 0.3 is 0 Å². The molecule has 2 aliphatic heterocycles. The standard InChI is InChI=1S/C18H31N3O2.ClH/c1-14(2)16(22)20-8-5-9-21(11-10-20)17(23)18-7-4-3-6-15(18)12-19-13-18;/h14-15,19H,3-13H2,1-2H3;1H/t15-,18+;/m0./s1. The highest BCUT2D eigenvalue weighted by Crippen LogP contribution is 2.45. The third kappa shape index (κ3) is 3.57. The van der Waals surface area contributed by atoms with Crippen LogP contribution in [0.5, 0.6) is 0 Å². The molecular weight excluding hydrogens is 326 g/mol. The first-order valence-electron chi connectivity index (χ1n) is 9.33. The monoisotopic (exact) mass is 357 g/mol. The Bertz CT molecular complexity index is 471. The zero-order valence-corrected chi connectivity index (χ0v) is 15.9. The predicted octanol–water partition coefficient (Wildman–Crippen LogP) is 1.90. The van der Waals surface area contributed by atoms with E-state index in [0.717, 1.165) is 39.0 Å². The number of fused-ring (bicyclic) bond motifs is 1. The molecule has 0 aromatic carbocycles. The van der Waals surface area contributed by atoms with Gasteiger partial charge in [-0.25, -0.2) is 0 Å². The maximum atomic E-state index is 13.3. The van der Waals surface area contributed by atoms with Gasteiger partial charge in [-0.05, 0) is 31.7 Å². The van der Waals surface area contributed by atoms with Gasteiger partial charge in [0.15, 0.2) is 0 Å². The lowest BCUT2D eigenvalue weighted by Gasteiger charge is -2.40. The van der Waals surface area contributed by atoms with Gasteiger partial charge in [-0.2, -0.15) is 0 Å². The van der Waals surface area contributed by atoms with Crippen molar-refractivity contribution in [2.45, 2.75) is 46.0 Å². The van der Waals surface area contributed by atoms with Crippen LogP contribution in [0.4, 0.5) is 0 Å². The molecule has 24 heavy (non-hydrogen) atoms. The van der Waals surface area contributed by atoms with Crippen LogP contribution in [0.1, 0.15) is 46.0 Å². The molecule has 1 saturated carbocycles. The SMILES string of the molecule is CC(C)C(=O)N1CCCN(C(=O)[C@@]23CCCC[C@H]2CNC3)CC1.Cl. The van der Waals surface area contributed by atoms with Gasteiger partial charge in [0.05, 0.1) is 5.41 Å². The Morgan fingerprint density at radius 1 is 1.04 bits per heavy atom. The van der Waals surface area contributed by atoms with E-state index in [4.69, 9.17) is 0 Å². The highest BCUT2D eigenvalue weighted by Gasteiger charge is 2.51. The van der Waals surface area contributed by atoms with Crippen LogP contribution in [-0.4, -0.2) is 60.9 Å². The molecule has 2 saturated heterocycles. The minimum Gasteiger partial charge on any atom is -0.341 e. The molecule has 0 aromatic heterocycles. The number of hydrogen-bond acceptors (Lipinski definition) is 3. The molecule has 138 valence electrons. The average Bonchev–Trinajstić information content (AvgIpc) is 2.84. The Balaban J connectivity index is 0.00000208. The summed E-state index contributed by atoms with van der Waals surface area (Å²) in [5.41, 5.74) is -0.157. The fourth-order valence-corrected chi connectivity index (χ4v) is 4.69. The van der Waals surface area contributed by atoms with Gasteiger partial charge in [0.2, 0.25) is 11.8 Å². The summed E-state index contributed by atoms with van der Waals surface area (Å²) in [6.07, 6.45) is 5.56. The van der Waals surface area contributed by atoms with Gasteiger partial charge < -0.3 is 15.1 Å². The van der Waals surface area contributed by atoms with Gasteiger partial charge in [-0.1, -0.05) is 26.7 Å². The third-order valence-corrected chi connectivity index (χ3v) is 6.05. The molecule has 1 aliphatic carbocycles. The first-order chi connectivity index (χ1) is 11.0. The van der Waals surface area contributed by atoms with Gasteiger partial charge in [0.25, 0.3) is 0 Å². The van der Waals surface area contributed by atoms with Gasteiger partial charge in [0.1, 0.15) is 0 Å². The lowest BCUT2D eigenvalue weighted by Crippen LogP contribution is -2.50. The van der Waals surface area contributed by atoms with E-state index in [1.54, 1.807) is 0 Å². The molecule has 0 bridgehead atoms. The zero-order valence-electron chi connectivity index (χ0n) is 15.1. The number of hydrogen-bond donors (Lipinski definition) is 1. The normalized spacial score (nSPS) is 30.5. The Hall–Kier alpha value is -0.810. The van der Waals surface area contributed by atoms with Crippen LogP contribution in [0, 0.1) is 17.3 Å².